The fourth-order valence-corrected chi connectivity index (χ4v) is 2.16. The molecule has 0 atom stereocenters. The summed E-state index contributed by atoms with van der Waals surface area (Å²) in [6, 6.07) is 3.41. The number of benzene rings is 1. The van der Waals surface area contributed by atoms with Crippen molar-refractivity contribution in [3.05, 3.63) is 34.1 Å². The predicted molar refractivity (Wildman–Crippen MR) is 96.2 cm³/mol. The molecule has 7 heteroatoms. The standard InChI is InChI=1S/C17H22Cl2FNO3/c1-12(2)21-24-8-5-4-7-23-17-13(3)10-14(11-15(17)18)22-9-6-16(19)20/h6,10-11H,4-5,7-9H2,1-3H3/b16-6-. The van der Waals surface area contributed by atoms with E-state index in [-0.39, 0.29) is 6.61 Å². The van der Waals surface area contributed by atoms with E-state index in [4.69, 9.17) is 37.5 Å². The number of aryl methyl sites for hydroxylation is 1. The Morgan fingerprint density at radius 3 is 2.54 bits per heavy atom. The minimum absolute atomic E-state index is 0.0328. The molecule has 0 spiro atoms. The number of oxime groups is 1. The monoisotopic (exact) mass is 377 g/mol. The zero-order valence-corrected chi connectivity index (χ0v) is 15.6. The van der Waals surface area contributed by atoms with Crippen molar-refractivity contribution in [2.45, 2.75) is 33.6 Å². The van der Waals surface area contributed by atoms with Gasteiger partial charge in [0.2, 0.25) is 0 Å². The van der Waals surface area contributed by atoms with Crippen LogP contribution in [-0.4, -0.2) is 25.5 Å². The first kappa shape index (κ1) is 20.6. The summed E-state index contributed by atoms with van der Waals surface area (Å²) in [7, 11) is 0. The van der Waals surface area contributed by atoms with E-state index in [0.29, 0.717) is 29.7 Å². The lowest BCUT2D eigenvalue weighted by Gasteiger charge is -2.13. The van der Waals surface area contributed by atoms with E-state index in [0.717, 1.165) is 30.2 Å². The third-order valence-corrected chi connectivity index (χ3v) is 3.25. The van der Waals surface area contributed by atoms with Gasteiger partial charge < -0.3 is 14.3 Å². The number of hydrogen-bond donors (Lipinski definition) is 0. The smallest absolute Gasteiger partial charge is 0.188 e. The summed E-state index contributed by atoms with van der Waals surface area (Å²) in [6.07, 6.45) is 2.79. The largest absolute Gasteiger partial charge is 0.492 e. The highest BCUT2D eigenvalue weighted by Gasteiger charge is 2.09. The first-order valence-corrected chi connectivity index (χ1v) is 8.35. The molecule has 0 amide bonds. The third-order valence-electron chi connectivity index (χ3n) is 2.81. The van der Waals surface area contributed by atoms with Crippen molar-refractivity contribution in [3.8, 4) is 11.5 Å². The maximum atomic E-state index is 12.4. The van der Waals surface area contributed by atoms with Gasteiger partial charge in [-0.25, -0.2) is 0 Å². The molecule has 0 fully saturated rings. The van der Waals surface area contributed by atoms with Crippen LogP contribution in [0.3, 0.4) is 0 Å². The van der Waals surface area contributed by atoms with Gasteiger partial charge >= 0.3 is 0 Å². The van der Waals surface area contributed by atoms with Crippen molar-refractivity contribution in [2.75, 3.05) is 19.8 Å². The number of nitrogens with zero attached hydrogens (tertiary/aromatic N) is 1. The molecule has 134 valence electrons. The summed E-state index contributed by atoms with van der Waals surface area (Å²) in [5.41, 5.74) is 1.73. The summed E-state index contributed by atoms with van der Waals surface area (Å²) in [5.74, 6) is 1.15. The van der Waals surface area contributed by atoms with Crippen LogP contribution in [0.25, 0.3) is 0 Å². The highest BCUT2D eigenvalue weighted by molar-refractivity contribution is 6.32. The molecule has 0 radical (unpaired) electrons. The van der Waals surface area contributed by atoms with Gasteiger partial charge in [-0.05, 0) is 45.2 Å². The molecule has 4 nitrogen and oxygen atoms in total. The molecule has 24 heavy (non-hydrogen) atoms. The first-order chi connectivity index (χ1) is 11.4. The molecule has 1 aromatic carbocycles. The number of rotatable bonds is 10. The van der Waals surface area contributed by atoms with E-state index in [1.54, 1.807) is 12.1 Å². The molecule has 0 aromatic heterocycles. The van der Waals surface area contributed by atoms with Gasteiger partial charge in [0.05, 0.1) is 17.3 Å². The molecule has 0 heterocycles. The van der Waals surface area contributed by atoms with Gasteiger partial charge in [0.15, 0.2) is 5.29 Å². The van der Waals surface area contributed by atoms with Crippen LogP contribution in [0.4, 0.5) is 4.39 Å². The summed E-state index contributed by atoms with van der Waals surface area (Å²) >= 11 is 11.3. The topological polar surface area (TPSA) is 40.0 Å². The van der Waals surface area contributed by atoms with Gasteiger partial charge in [0.1, 0.15) is 24.7 Å². The Morgan fingerprint density at radius 1 is 1.21 bits per heavy atom. The molecule has 0 aliphatic heterocycles. The fourth-order valence-electron chi connectivity index (χ4n) is 1.78. The molecule has 0 saturated heterocycles. The zero-order chi connectivity index (χ0) is 17.9. The maximum absolute atomic E-state index is 12.4. The van der Waals surface area contributed by atoms with Crippen LogP contribution in [0, 0.1) is 6.92 Å². The van der Waals surface area contributed by atoms with Gasteiger partial charge in [-0.1, -0.05) is 28.4 Å². The molecule has 0 N–H and O–H groups in total. The summed E-state index contributed by atoms with van der Waals surface area (Å²) in [6.45, 7) is 6.74. The molecule has 1 rings (SSSR count). The molecule has 0 unspecified atom stereocenters. The Labute approximate surface area is 152 Å². The average Bonchev–Trinajstić information content (AvgIpc) is 2.47. The quantitative estimate of drug-likeness (QED) is 0.300. The summed E-state index contributed by atoms with van der Waals surface area (Å²) in [4.78, 5) is 5.11. The van der Waals surface area contributed by atoms with E-state index in [2.05, 4.69) is 5.16 Å². The van der Waals surface area contributed by atoms with E-state index < -0.39 is 5.29 Å². The third kappa shape index (κ3) is 8.41. The van der Waals surface area contributed by atoms with E-state index in [1.165, 1.54) is 0 Å². The fraction of sp³-hybridized carbons (Fsp3) is 0.471. The lowest BCUT2D eigenvalue weighted by molar-refractivity contribution is 0.135. The molecule has 0 aliphatic rings. The average molecular weight is 378 g/mol. The number of halogens is 3. The van der Waals surface area contributed by atoms with Gasteiger partial charge in [-0.15, -0.1) is 0 Å². The summed E-state index contributed by atoms with van der Waals surface area (Å²) in [5, 5.41) is 3.50. The van der Waals surface area contributed by atoms with Crippen molar-refractivity contribution < 1.29 is 18.7 Å². The van der Waals surface area contributed by atoms with Gasteiger partial charge in [-0.2, -0.15) is 4.39 Å². The van der Waals surface area contributed by atoms with E-state index in [1.807, 2.05) is 20.8 Å². The van der Waals surface area contributed by atoms with Crippen LogP contribution in [-0.2, 0) is 4.84 Å². The van der Waals surface area contributed by atoms with E-state index in [9.17, 15) is 4.39 Å². The van der Waals surface area contributed by atoms with Crippen molar-refractivity contribution in [1.29, 1.82) is 0 Å². The molecular formula is C17H22Cl2FNO3. The second kappa shape index (κ2) is 11.2. The molecular weight excluding hydrogens is 356 g/mol. The van der Waals surface area contributed by atoms with Crippen LogP contribution in [0.2, 0.25) is 5.02 Å². The molecule has 0 aliphatic carbocycles. The second-order valence-electron chi connectivity index (χ2n) is 5.28. The SMILES string of the molecule is CC(C)=NOCCCCOc1c(C)cc(OC/C=C(\F)Cl)cc1Cl. The Bertz CT molecular complexity index is 560. The molecule has 1 aromatic rings. The highest BCUT2D eigenvalue weighted by Crippen LogP contribution is 2.33. The van der Waals surface area contributed by atoms with Crippen molar-refractivity contribution in [3.63, 3.8) is 0 Å². The number of hydrogen-bond acceptors (Lipinski definition) is 4. The second-order valence-corrected chi connectivity index (χ2v) is 6.05. The van der Waals surface area contributed by atoms with Crippen LogP contribution >= 0.6 is 23.2 Å². The minimum Gasteiger partial charge on any atom is -0.492 e. The molecule has 0 bridgehead atoms. The van der Waals surface area contributed by atoms with Crippen molar-refractivity contribution >= 4 is 28.9 Å². The van der Waals surface area contributed by atoms with Gasteiger partial charge in [0.25, 0.3) is 0 Å². The minimum atomic E-state index is -0.804. The van der Waals surface area contributed by atoms with Crippen molar-refractivity contribution in [1.82, 2.24) is 0 Å². The van der Waals surface area contributed by atoms with Gasteiger partial charge in [0, 0.05) is 12.1 Å². The highest BCUT2D eigenvalue weighted by atomic mass is 35.5. The predicted octanol–water partition coefficient (Wildman–Crippen LogP) is 5.65. The Morgan fingerprint density at radius 2 is 1.92 bits per heavy atom. The Hall–Kier alpha value is -1.46. The van der Waals surface area contributed by atoms with E-state index >= 15 is 0 Å². The summed E-state index contributed by atoms with van der Waals surface area (Å²) < 4.78 is 23.5. The van der Waals surface area contributed by atoms with Crippen LogP contribution in [0.5, 0.6) is 11.5 Å². The maximum Gasteiger partial charge on any atom is 0.188 e. The lowest BCUT2D eigenvalue weighted by atomic mass is 10.2. The zero-order valence-electron chi connectivity index (χ0n) is 14.1. The molecule has 0 saturated carbocycles. The normalized spacial score (nSPS) is 11.2. The van der Waals surface area contributed by atoms with Crippen LogP contribution in [0.1, 0.15) is 32.3 Å². The van der Waals surface area contributed by atoms with Crippen LogP contribution in [0.15, 0.2) is 28.7 Å². The first-order valence-electron chi connectivity index (χ1n) is 7.60. The Kier molecular flexibility index (Phi) is 9.57. The van der Waals surface area contributed by atoms with Gasteiger partial charge in [-0.3, -0.25) is 0 Å². The van der Waals surface area contributed by atoms with Crippen molar-refractivity contribution in [2.24, 2.45) is 5.16 Å². The number of unbranched alkanes of at least 4 members (excludes halogenated alkanes) is 1. The number of ether oxygens (including phenoxy) is 2. The Balaban J connectivity index is 2.43. The lowest BCUT2D eigenvalue weighted by Crippen LogP contribution is -2.02. The van der Waals surface area contributed by atoms with Crippen LogP contribution < -0.4 is 9.47 Å².